The largest absolute Gasteiger partial charge is 0.324 e. The number of anilines is 1. The second-order valence-electron chi connectivity index (χ2n) is 5.60. The predicted molar refractivity (Wildman–Crippen MR) is 93.2 cm³/mol. The van der Waals surface area contributed by atoms with Crippen LogP contribution >= 0.6 is 11.8 Å². The molecule has 1 N–H and O–H groups in total. The van der Waals surface area contributed by atoms with Crippen molar-refractivity contribution in [2.75, 3.05) is 24.2 Å². The molecule has 0 aromatic heterocycles. The van der Waals surface area contributed by atoms with Crippen LogP contribution in [0.15, 0.2) is 48.5 Å². The monoisotopic (exact) mass is 348 g/mol. The van der Waals surface area contributed by atoms with Crippen LogP contribution < -0.4 is 5.32 Å². The van der Waals surface area contributed by atoms with E-state index in [4.69, 9.17) is 0 Å². The number of para-hydroxylation sites is 1. The zero-order chi connectivity index (χ0) is 16.9. The van der Waals surface area contributed by atoms with Gasteiger partial charge in [-0.05, 0) is 36.8 Å². The van der Waals surface area contributed by atoms with Gasteiger partial charge in [0.05, 0.1) is 0 Å². The summed E-state index contributed by atoms with van der Waals surface area (Å²) in [6, 6.07) is 12.6. The van der Waals surface area contributed by atoms with Crippen LogP contribution in [0.4, 0.5) is 19.3 Å². The number of carbonyl (C=O) groups excluding carboxylic acids is 1. The zero-order valence-corrected chi connectivity index (χ0v) is 13.9. The molecule has 2 aromatic rings. The van der Waals surface area contributed by atoms with E-state index in [1.165, 1.54) is 6.07 Å². The van der Waals surface area contributed by atoms with Gasteiger partial charge in [-0.25, -0.2) is 13.6 Å². The second kappa shape index (κ2) is 7.66. The molecule has 1 aliphatic rings. The van der Waals surface area contributed by atoms with Gasteiger partial charge < -0.3 is 10.2 Å². The van der Waals surface area contributed by atoms with Crippen molar-refractivity contribution in [3.63, 3.8) is 0 Å². The van der Waals surface area contributed by atoms with Crippen molar-refractivity contribution in [3.8, 4) is 0 Å². The molecule has 1 heterocycles. The molecule has 0 spiro atoms. The van der Waals surface area contributed by atoms with Gasteiger partial charge in [0.25, 0.3) is 0 Å². The average molecular weight is 348 g/mol. The Bertz CT molecular complexity index is 711. The Balaban J connectivity index is 1.64. The number of hydrogen-bond acceptors (Lipinski definition) is 2. The molecule has 0 aliphatic carbocycles. The van der Waals surface area contributed by atoms with Crippen molar-refractivity contribution < 1.29 is 13.6 Å². The van der Waals surface area contributed by atoms with E-state index in [0.717, 1.165) is 17.8 Å². The number of benzene rings is 2. The van der Waals surface area contributed by atoms with Gasteiger partial charge in [0, 0.05) is 35.3 Å². The summed E-state index contributed by atoms with van der Waals surface area (Å²) in [6.45, 7) is 1.09. The lowest BCUT2D eigenvalue weighted by Gasteiger charge is -2.21. The number of nitrogens with one attached hydrogen (secondary N) is 1. The van der Waals surface area contributed by atoms with E-state index in [-0.39, 0.29) is 11.3 Å². The van der Waals surface area contributed by atoms with Crippen LogP contribution in [0, 0.1) is 11.6 Å². The van der Waals surface area contributed by atoms with E-state index in [2.05, 4.69) is 5.32 Å². The van der Waals surface area contributed by atoms with E-state index < -0.39 is 11.6 Å². The fourth-order valence-corrected chi connectivity index (χ4v) is 3.95. The fraction of sp³-hybridized carbons (Fsp3) is 0.278. The van der Waals surface area contributed by atoms with Crippen LogP contribution in [-0.2, 0) is 0 Å². The van der Waals surface area contributed by atoms with Crippen molar-refractivity contribution in [1.82, 2.24) is 4.90 Å². The van der Waals surface area contributed by atoms with Gasteiger partial charge in [0.1, 0.15) is 11.6 Å². The Morgan fingerprint density at radius 2 is 1.92 bits per heavy atom. The maximum Gasteiger partial charge on any atom is 0.321 e. The van der Waals surface area contributed by atoms with Crippen LogP contribution in [0.3, 0.4) is 0 Å². The summed E-state index contributed by atoms with van der Waals surface area (Å²) < 4.78 is 27.4. The third kappa shape index (κ3) is 4.06. The molecule has 1 fully saturated rings. The lowest BCUT2D eigenvalue weighted by molar-refractivity contribution is 0.215. The molecule has 6 heteroatoms. The van der Waals surface area contributed by atoms with Gasteiger partial charge in [-0.15, -0.1) is 0 Å². The first-order valence-corrected chi connectivity index (χ1v) is 8.86. The van der Waals surface area contributed by atoms with Crippen molar-refractivity contribution >= 4 is 23.5 Å². The zero-order valence-electron chi connectivity index (χ0n) is 13.0. The first-order valence-electron chi connectivity index (χ1n) is 7.81. The lowest BCUT2D eigenvalue weighted by Crippen LogP contribution is -2.36. The Morgan fingerprint density at radius 3 is 2.71 bits per heavy atom. The lowest BCUT2D eigenvalue weighted by atomic mass is 10.1. The molecule has 24 heavy (non-hydrogen) atoms. The quantitative estimate of drug-likeness (QED) is 0.855. The van der Waals surface area contributed by atoms with E-state index in [1.54, 1.807) is 16.7 Å². The minimum atomic E-state index is -0.435. The SMILES string of the molecule is O=C(Nc1ccccc1)N1CCS[C@@H](c2cc(F)ccc2F)CC1. The normalized spacial score (nSPS) is 18.1. The molecule has 1 saturated heterocycles. The van der Waals surface area contributed by atoms with Gasteiger partial charge >= 0.3 is 6.03 Å². The minimum Gasteiger partial charge on any atom is -0.324 e. The van der Waals surface area contributed by atoms with Crippen LogP contribution in [0.5, 0.6) is 0 Å². The summed E-state index contributed by atoms with van der Waals surface area (Å²) in [7, 11) is 0. The van der Waals surface area contributed by atoms with Gasteiger partial charge in [0.15, 0.2) is 0 Å². The van der Waals surface area contributed by atoms with E-state index in [0.29, 0.717) is 30.8 Å². The number of carbonyl (C=O) groups is 1. The predicted octanol–water partition coefficient (Wildman–Crippen LogP) is 4.68. The molecular formula is C18H18F2N2OS. The maximum atomic E-state index is 14.0. The molecule has 3 nitrogen and oxygen atoms in total. The molecule has 0 unspecified atom stereocenters. The highest BCUT2D eigenvalue weighted by Crippen LogP contribution is 2.36. The summed E-state index contributed by atoms with van der Waals surface area (Å²) in [5.41, 5.74) is 1.12. The average Bonchev–Trinajstić information content (AvgIpc) is 2.84. The molecular weight excluding hydrogens is 330 g/mol. The number of halogens is 2. The standard InChI is InChI=1S/C18H18F2N2OS/c19-13-6-7-16(20)15(12-13)17-8-9-22(10-11-24-17)18(23)21-14-4-2-1-3-5-14/h1-7,12,17H,8-11H2,(H,21,23)/t17-/m1/s1. The summed E-state index contributed by atoms with van der Waals surface area (Å²) in [4.78, 5) is 14.1. The third-order valence-electron chi connectivity index (χ3n) is 3.96. The third-order valence-corrected chi connectivity index (χ3v) is 5.27. The minimum absolute atomic E-state index is 0.143. The number of hydrogen-bond donors (Lipinski definition) is 1. The van der Waals surface area contributed by atoms with Gasteiger partial charge in [0.2, 0.25) is 0 Å². The molecule has 1 atom stereocenters. The molecule has 1 aliphatic heterocycles. The van der Waals surface area contributed by atoms with Crippen molar-refractivity contribution in [3.05, 3.63) is 65.7 Å². The first kappa shape index (κ1) is 16.8. The number of urea groups is 1. The van der Waals surface area contributed by atoms with Gasteiger partial charge in [-0.3, -0.25) is 0 Å². The van der Waals surface area contributed by atoms with E-state index >= 15 is 0 Å². The highest BCUT2D eigenvalue weighted by molar-refractivity contribution is 7.99. The van der Waals surface area contributed by atoms with Crippen LogP contribution in [0.25, 0.3) is 0 Å². The van der Waals surface area contributed by atoms with E-state index in [9.17, 15) is 13.6 Å². The molecule has 3 rings (SSSR count). The number of nitrogens with zero attached hydrogens (tertiary/aromatic N) is 1. The van der Waals surface area contributed by atoms with Crippen LogP contribution in [-0.4, -0.2) is 29.8 Å². The highest BCUT2D eigenvalue weighted by Gasteiger charge is 2.24. The molecule has 2 amide bonds. The maximum absolute atomic E-state index is 14.0. The van der Waals surface area contributed by atoms with Gasteiger partial charge in [-0.2, -0.15) is 11.8 Å². The summed E-state index contributed by atoms with van der Waals surface area (Å²) in [5, 5.41) is 2.71. The number of amides is 2. The molecule has 2 aromatic carbocycles. The fourth-order valence-electron chi connectivity index (χ4n) is 2.71. The van der Waals surface area contributed by atoms with Crippen LogP contribution in [0.1, 0.15) is 17.2 Å². The Morgan fingerprint density at radius 1 is 1.12 bits per heavy atom. The van der Waals surface area contributed by atoms with Crippen LogP contribution in [0.2, 0.25) is 0 Å². The van der Waals surface area contributed by atoms with Crippen molar-refractivity contribution in [1.29, 1.82) is 0 Å². The van der Waals surface area contributed by atoms with Crippen molar-refractivity contribution in [2.24, 2.45) is 0 Å². The topological polar surface area (TPSA) is 32.3 Å². The summed E-state index contributed by atoms with van der Waals surface area (Å²) >= 11 is 1.56. The Hall–Kier alpha value is -2.08. The summed E-state index contributed by atoms with van der Waals surface area (Å²) in [5.74, 6) is -0.144. The van der Waals surface area contributed by atoms with E-state index in [1.807, 2.05) is 30.3 Å². The molecule has 0 saturated carbocycles. The number of thioether (sulfide) groups is 1. The molecule has 0 bridgehead atoms. The summed E-state index contributed by atoms with van der Waals surface area (Å²) in [6.07, 6.45) is 0.591. The second-order valence-corrected chi connectivity index (χ2v) is 6.91. The Kier molecular flexibility index (Phi) is 5.35. The number of rotatable bonds is 2. The van der Waals surface area contributed by atoms with Crippen molar-refractivity contribution in [2.45, 2.75) is 11.7 Å². The molecule has 126 valence electrons. The Labute approximate surface area is 144 Å². The molecule has 0 radical (unpaired) electrons. The van der Waals surface area contributed by atoms with Gasteiger partial charge in [-0.1, -0.05) is 18.2 Å². The smallest absolute Gasteiger partial charge is 0.321 e. The highest BCUT2D eigenvalue weighted by atomic mass is 32.2. The first-order chi connectivity index (χ1) is 11.6.